The number of hydrogen-bond donors (Lipinski definition) is 0. The second-order valence-electron chi connectivity index (χ2n) is 9.60. The van der Waals surface area contributed by atoms with Crippen LogP contribution in [0.5, 0.6) is 0 Å². The van der Waals surface area contributed by atoms with Crippen LogP contribution in [-0.2, 0) is 20.9 Å². The molecule has 0 bridgehead atoms. The van der Waals surface area contributed by atoms with Gasteiger partial charge in [0.25, 0.3) is 0 Å². The number of thioether (sulfide) groups is 1. The van der Waals surface area contributed by atoms with Crippen molar-refractivity contribution in [3.05, 3.63) is 54.6 Å². The van der Waals surface area contributed by atoms with E-state index in [1.54, 1.807) is 11.8 Å². The van der Waals surface area contributed by atoms with Crippen molar-refractivity contribution in [3.8, 4) is 0 Å². The third kappa shape index (κ3) is 8.13. The van der Waals surface area contributed by atoms with Gasteiger partial charge in [-0.1, -0.05) is 55.4 Å². The van der Waals surface area contributed by atoms with Crippen molar-refractivity contribution < 1.29 is 14.3 Å². The smallest absolute Gasteiger partial charge is 0.326 e. The highest BCUT2D eigenvalue weighted by Crippen LogP contribution is 2.26. The van der Waals surface area contributed by atoms with Crippen LogP contribution in [0.2, 0.25) is 0 Å². The monoisotopic (exact) mass is 495 g/mol. The molecule has 0 saturated heterocycles. The fourth-order valence-corrected chi connectivity index (χ4v) is 4.83. The molecule has 0 atom stereocenters. The van der Waals surface area contributed by atoms with E-state index in [0.717, 1.165) is 59.9 Å². The zero-order valence-corrected chi connectivity index (χ0v) is 22.1. The molecule has 188 valence electrons. The minimum atomic E-state index is -0.530. The first-order chi connectivity index (χ1) is 16.8. The number of imidazole rings is 1. The molecule has 0 N–H and O–H groups in total. The van der Waals surface area contributed by atoms with Gasteiger partial charge in [0.15, 0.2) is 5.16 Å². The van der Waals surface area contributed by atoms with Crippen molar-refractivity contribution in [2.75, 3.05) is 17.2 Å². The van der Waals surface area contributed by atoms with Crippen LogP contribution in [0.25, 0.3) is 11.0 Å². The Morgan fingerprint density at radius 1 is 1.00 bits per heavy atom. The van der Waals surface area contributed by atoms with E-state index < -0.39 is 5.60 Å². The minimum absolute atomic E-state index is 0.127. The molecule has 6 nitrogen and oxygen atoms in total. The van der Waals surface area contributed by atoms with Crippen molar-refractivity contribution in [3.63, 3.8) is 0 Å². The molecule has 2 aromatic carbocycles. The Morgan fingerprint density at radius 2 is 1.71 bits per heavy atom. The molecule has 0 aliphatic heterocycles. The summed E-state index contributed by atoms with van der Waals surface area (Å²) in [5, 5.41) is 0.803. The Labute approximate surface area is 213 Å². The number of unbranched alkanes of at least 4 members (excludes halogenated alkanes) is 2. The summed E-state index contributed by atoms with van der Waals surface area (Å²) >= 11 is 1.62. The van der Waals surface area contributed by atoms with Gasteiger partial charge in [-0.3, -0.25) is 9.59 Å². The minimum Gasteiger partial charge on any atom is -0.459 e. The number of para-hydroxylation sites is 3. The van der Waals surface area contributed by atoms with Gasteiger partial charge < -0.3 is 14.2 Å². The Kier molecular flexibility index (Phi) is 9.78. The zero-order valence-electron chi connectivity index (χ0n) is 21.3. The standard InChI is InChI=1S/C28H37N3O3S/c1-5-6-19-30(22-14-8-7-9-15-22)25(32)18-12-13-20-35-27-29-23-16-10-11-17-24(23)31(27)21-26(33)34-28(2,3)4/h7-11,14-17H,5-6,12-13,18-21H2,1-4H3. The van der Waals surface area contributed by atoms with E-state index in [2.05, 4.69) is 6.92 Å². The highest BCUT2D eigenvalue weighted by molar-refractivity contribution is 7.99. The lowest BCUT2D eigenvalue weighted by atomic mass is 10.2. The number of nitrogens with zero attached hydrogens (tertiary/aromatic N) is 3. The van der Waals surface area contributed by atoms with Gasteiger partial charge in [0.2, 0.25) is 5.91 Å². The second kappa shape index (κ2) is 12.8. The lowest BCUT2D eigenvalue weighted by molar-refractivity contribution is -0.155. The molecule has 0 spiro atoms. The quantitative estimate of drug-likeness (QED) is 0.164. The first-order valence-corrected chi connectivity index (χ1v) is 13.4. The summed E-state index contributed by atoms with van der Waals surface area (Å²) in [4.78, 5) is 32.1. The SMILES string of the molecule is CCCCN(C(=O)CCCCSc1nc2ccccc2n1CC(=O)OC(C)(C)C)c1ccccc1. The Hall–Kier alpha value is -2.80. The molecule has 35 heavy (non-hydrogen) atoms. The fourth-order valence-electron chi connectivity index (χ4n) is 3.82. The Bertz CT molecular complexity index is 1110. The van der Waals surface area contributed by atoms with Crippen molar-refractivity contribution in [2.45, 2.75) is 77.1 Å². The predicted octanol–water partition coefficient (Wildman–Crippen LogP) is 6.47. The summed E-state index contributed by atoms with van der Waals surface area (Å²) < 4.78 is 7.46. The molecule has 7 heteroatoms. The number of aromatic nitrogens is 2. The number of hydrogen-bond acceptors (Lipinski definition) is 5. The number of ether oxygens (including phenoxy) is 1. The zero-order chi connectivity index (χ0) is 25.3. The van der Waals surface area contributed by atoms with Gasteiger partial charge in [-0.2, -0.15) is 0 Å². The van der Waals surface area contributed by atoms with Gasteiger partial charge in [-0.25, -0.2) is 4.98 Å². The van der Waals surface area contributed by atoms with Crippen LogP contribution in [-0.4, -0.2) is 39.3 Å². The number of carbonyl (C=O) groups is 2. The third-order valence-corrected chi connectivity index (χ3v) is 6.51. The first kappa shape index (κ1) is 26.8. The van der Waals surface area contributed by atoms with Crippen LogP contribution in [0.3, 0.4) is 0 Å². The summed E-state index contributed by atoms with van der Waals surface area (Å²) in [6, 6.07) is 17.7. The molecule has 3 rings (SSSR count). The molecular weight excluding hydrogens is 458 g/mol. The lowest BCUT2D eigenvalue weighted by Crippen LogP contribution is -2.31. The summed E-state index contributed by atoms with van der Waals surface area (Å²) in [7, 11) is 0. The van der Waals surface area contributed by atoms with Crippen molar-refractivity contribution in [2.24, 2.45) is 0 Å². The van der Waals surface area contributed by atoms with Crippen LogP contribution >= 0.6 is 11.8 Å². The van der Waals surface area contributed by atoms with Crippen molar-refractivity contribution in [1.29, 1.82) is 0 Å². The Morgan fingerprint density at radius 3 is 2.43 bits per heavy atom. The molecule has 0 radical (unpaired) electrons. The van der Waals surface area contributed by atoms with Crippen molar-refractivity contribution in [1.82, 2.24) is 9.55 Å². The lowest BCUT2D eigenvalue weighted by Gasteiger charge is -2.22. The molecular formula is C28H37N3O3S. The maximum Gasteiger partial charge on any atom is 0.326 e. The first-order valence-electron chi connectivity index (χ1n) is 12.4. The predicted molar refractivity (Wildman–Crippen MR) is 144 cm³/mol. The maximum atomic E-state index is 12.9. The molecule has 3 aromatic rings. The normalized spacial score (nSPS) is 11.5. The van der Waals surface area contributed by atoms with E-state index in [1.807, 2.05) is 84.8 Å². The number of esters is 1. The fraction of sp³-hybridized carbons (Fsp3) is 0.464. The highest BCUT2D eigenvalue weighted by Gasteiger charge is 2.20. The van der Waals surface area contributed by atoms with E-state index in [4.69, 9.17) is 9.72 Å². The summed E-state index contributed by atoms with van der Waals surface area (Å²) in [5.74, 6) is 0.721. The molecule has 1 heterocycles. The summed E-state index contributed by atoms with van der Waals surface area (Å²) in [6.07, 6.45) is 4.27. The molecule has 0 aliphatic carbocycles. The second-order valence-corrected chi connectivity index (χ2v) is 10.7. The average Bonchev–Trinajstić information content (AvgIpc) is 3.15. The van der Waals surface area contributed by atoms with Crippen LogP contribution in [0.4, 0.5) is 5.69 Å². The third-order valence-electron chi connectivity index (χ3n) is 5.45. The number of rotatable bonds is 12. The molecule has 1 amide bonds. The van der Waals surface area contributed by atoms with Crippen LogP contribution < -0.4 is 4.90 Å². The van der Waals surface area contributed by atoms with E-state index in [9.17, 15) is 9.59 Å². The topological polar surface area (TPSA) is 64.4 Å². The number of benzene rings is 2. The van der Waals surface area contributed by atoms with Crippen LogP contribution in [0.1, 0.15) is 59.8 Å². The van der Waals surface area contributed by atoms with E-state index >= 15 is 0 Å². The van der Waals surface area contributed by atoms with Gasteiger partial charge in [0.1, 0.15) is 12.1 Å². The van der Waals surface area contributed by atoms with Crippen LogP contribution in [0, 0.1) is 0 Å². The van der Waals surface area contributed by atoms with Gasteiger partial charge >= 0.3 is 5.97 Å². The highest BCUT2D eigenvalue weighted by atomic mass is 32.2. The summed E-state index contributed by atoms with van der Waals surface area (Å²) in [6.45, 7) is 8.63. The van der Waals surface area contributed by atoms with Gasteiger partial charge in [0.05, 0.1) is 11.0 Å². The van der Waals surface area contributed by atoms with Gasteiger partial charge in [-0.05, 0) is 64.3 Å². The van der Waals surface area contributed by atoms with Crippen molar-refractivity contribution >= 4 is 40.4 Å². The maximum absolute atomic E-state index is 12.9. The van der Waals surface area contributed by atoms with E-state index in [0.29, 0.717) is 6.42 Å². The largest absolute Gasteiger partial charge is 0.459 e. The van der Waals surface area contributed by atoms with E-state index in [1.165, 1.54) is 0 Å². The molecule has 0 saturated carbocycles. The van der Waals surface area contributed by atoms with Gasteiger partial charge in [0, 0.05) is 24.4 Å². The summed E-state index contributed by atoms with van der Waals surface area (Å²) in [5.41, 5.74) is 2.22. The number of fused-ring (bicyclic) bond motifs is 1. The molecule has 0 aliphatic rings. The Balaban J connectivity index is 1.57. The number of amides is 1. The van der Waals surface area contributed by atoms with E-state index in [-0.39, 0.29) is 18.4 Å². The number of carbonyl (C=O) groups excluding carboxylic acids is 2. The molecule has 1 aromatic heterocycles. The average molecular weight is 496 g/mol. The van der Waals surface area contributed by atoms with Crippen LogP contribution in [0.15, 0.2) is 59.8 Å². The number of anilines is 1. The molecule has 0 unspecified atom stereocenters. The van der Waals surface area contributed by atoms with Gasteiger partial charge in [-0.15, -0.1) is 0 Å². The molecule has 0 fully saturated rings.